The summed E-state index contributed by atoms with van der Waals surface area (Å²) in [6.45, 7) is 3.66. The molecular weight excluding hydrogens is 362 g/mol. The molecule has 0 bridgehead atoms. The Morgan fingerprint density at radius 2 is 2.00 bits per heavy atom. The van der Waals surface area contributed by atoms with E-state index in [1.807, 2.05) is 0 Å². The van der Waals surface area contributed by atoms with Crippen LogP contribution in [0, 0.1) is 5.92 Å². The van der Waals surface area contributed by atoms with Gasteiger partial charge in [-0.15, -0.1) is 5.10 Å². The van der Waals surface area contributed by atoms with Crippen LogP contribution < -0.4 is 15.8 Å². The van der Waals surface area contributed by atoms with E-state index in [0.717, 1.165) is 62.4 Å². The molecule has 3 heterocycles. The molecule has 0 atom stereocenters. The van der Waals surface area contributed by atoms with Gasteiger partial charge in [0.2, 0.25) is 16.0 Å². The van der Waals surface area contributed by atoms with Crippen molar-refractivity contribution in [3.8, 4) is 0 Å². The van der Waals surface area contributed by atoms with Gasteiger partial charge in [0.15, 0.2) is 0 Å². The Balaban J connectivity index is 1.41. The van der Waals surface area contributed by atoms with E-state index in [0.29, 0.717) is 11.0 Å². The number of aryl methyl sites for hydroxylation is 1. The number of anilines is 1. The molecule has 2 fully saturated rings. The van der Waals surface area contributed by atoms with E-state index in [-0.39, 0.29) is 17.4 Å². The van der Waals surface area contributed by atoms with E-state index in [4.69, 9.17) is 0 Å². The SMILES string of the molecule is CCCc1cc(=O)n2nc(N3CCC(C(=O)NC4CCCC4)CC3)sc2n1. The molecule has 1 N–H and O–H groups in total. The molecule has 1 saturated carbocycles. The molecule has 1 aliphatic heterocycles. The highest BCUT2D eigenvalue weighted by Gasteiger charge is 2.28. The quantitative estimate of drug-likeness (QED) is 0.849. The fourth-order valence-corrected chi connectivity index (χ4v) is 5.06. The minimum absolute atomic E-state index is 0.0910. The van der Waals surface area contributed by atoms with Crippen LogP contribution in [-0.4, -0.2) is 39.6 Å². The highest BCUT2D eigenvalue weighted by atomic mass is 32.1. The maximum atomic E-state index is 12.5. The third-order valence-electron chi connectivity index (χ3n) is 5.63. The molecule has 8 heteroatoms. The zero-order valence-corrected chi connectivity index (χ0v) is 16.6. The standard InChI is InChI=1S/C19H27N5O2S/c1-2-5-15-12-16(25)24-18(21-15)27-19(22-24)23-10-8-13(9-11-23)17(26)20-14-6-3-4-7-14/h12-14H,2-11H2,1H3,(H,20,26). The number of hydrogen-bond donors (Lipinski definition) is 1. The van der Waals surface area contributed by atoms with Gasteiger partial charge in [0.25, 0.3) is 5.56 Å². The predicted octanol–water partition coefficient (Wildman–Crippen LogP) is 2.38. The smallest absolute Gasteiger partial charge is 0.275 e. The molecule has 4 rings (SSSR count). The molecule has 1 amide bonds. The largest absolute Gasteiger partial charge is 0.353 e. The molecular formula is C19H27N5O2S. The van der Waals surface area contributed by atoms with E-state index in [2.05, 4.69) is 27.2 Å². The van der Waals surface area contributed by atoms with E-state index in [1.54, 1.807) is 6.07 Å². The number of piperidine rings is 1. The first kappa shape index (κ1) is 18.4. The highest BCUT2D eigenvalue weighted by molar-refractivity contribution is 7.20. The van der Waals surface area contributed by atoms with Gasteiger partial charge in [-0.3, -0.25) is 9.59 Å². The molecule has 1 aliphatic carbocycles. The average Bonchev–Trinajstić information content (AvgIpc) is 3.32. The van der Waals surface area contributed by atoms with Crippen LogP contribution in [0.15, 0.2) is 10.9 Å². The van der Waals surface area contributed by atoms with Gasteiger partial charge < -0.3 is 10.2 Å². The van der Waals surface area contributed by atoms with E-state index >= 15 is 0 Å². The number of rotatable bonds is 5. The molecule has 2 aliphatic rings. The molecule has 0 unspecified atom stereocenters. The summed E-state index contributed by atoms with van der Waals surface area (Å²) in [5, 5.41) is 8.52. The van der Waals surface area contributed by atoms with Crippen LogP contribution in [0.25, 0.3) is 4.96 Å². The summed E-state index contributed by atoms with van der Waals surface area (Å²) in [6.07, 6.45) is 8.14. The number of nitrogens with one attached hydrogen (secondary N) is 1. The zero-order valence-electron chi connectivity index (χ0n) is 15.8. The van der Waals surface area contributed by atoms with Gasteiger partial charge >= 0.3 is 0 Å². The lowest BCUT2D eigenvalue weighted by Crippen LogP contribution is -2.43. The van der Waals surface area contributed by atoms with Crippen molar-refractivity contribution in [2.75, 3.05) is 18.0 Å². The Bertz CT molecular complexity index is 863. The molecule has 7 nitrogen and oxygen atoms in total. The number of fused-ring (bicyclic) bond motifs is 1. The van der Waals surface area contributed by atoms with Crippen LogP contribution in [0.1, 0.15) is 57.6 Å². The number of hydrogen-bond acceptors (Lipinski definition) is 6. The second-order valence-corrected chi connectivity index (χ2v) is 8.60. The Kier molecular flexibility index (Phi) is 5.43. The van der Waals surface area contributed by atoms with Gasteiger partial charge in [-0.2, -0.15) is 4.52 Å². The Morgan fingerprint density at radius 3 is 2.70 bits per heavy atom. The lowest BCUT2D eigenvalue weighted by molar-refractivity contribution is -0.126. The summed E-state index contributed by atoms with van der Waals surface area (Å²) >= 11 is 1.46. The van der Waals surface area contributed by atoms with Crippen molar-refractivity contribution >= 4 is 27.3 Å². The van der Waals surface area contributed by atoms with Crippen LogP contribution in [0.2, 0.25) is 0 Å². The van der Waals surface area contributed by atoms with Gasteiger partial charge in [0.1, 0.15) is 0 Å². The summed E-state index contributed by atoms with van der Waals surface area (Å²) in [5.74, 6) is 0.307. The van der Waals surface area contributed by atoms with Gasteiger partial charge in [-0.1, -0.05) is 37.5 Å². The van der Waals surface area contributed by atoms with Gasteiger partial charge in [0.05, 0.1) is 0 Å². The summed E-state index contributed by atoms with van der Waals surface area (Å²) in [5.41, 5.74) is 0.719. The predicted molar refractivity (Wildman–Crippen MR) is 106 cm³/mol. The molecule has 0 radical (unpaired) electrons. The van der Waals surface area contributed by atoms with E-state index in [1.165, 1.54) is 28.7 Å². The minimum atomic E-state index is -0.114. The minimum Gasteiger partial charge on any atom is -0.353 e. The third kappa shape index (κ3) is 4.00. The van der Waals surface area contributed by atoms with Crippen LogP contribution in [0.3, 0.4) is 0 Å². The second kappa shape index (κ2) is 7.96. The first-order valence-electron chi connectivity index (χ1n) is 10.1. The van der Waals surface area contributed by atoms with E-state index in [9.17, 15) is 9.59 Å². The van der Waals surface area contributed by atoms with Crippen LogP contribution in [-0.2, 0) is 11.2 Å². The van der Waals surface area contributed by atoms with Gasteiger partial charge in [-0.05, 0) is 32.1 Å². The van der Waals surface area contributed by atoms with Crippen molar-refractivity contribution in [3.05, 3.63) is 22.1 Å². The first-order valence-corrected chi connectivity index (χ1v) is 10.9. The summed E-state index contributed by atoms with van der Waals surface area (Å²) in [6, 6.07) is 1.97. The van der Waals surface area contributed by atoms with Crippen molar-refractivity contribution in [1.29, 1.82) is 0 Å². The van der Waals surface area contributed by atoms with Crippen molar-refractivity contribution in [3.63, 3.8) is 0 Å². The van der Waals surface area contributed by atoms with Gasteiger partial charge in [0, 0.05) is 36.8 Å². The lowest BCUT2D eigenvalue weighted by atomic mass is 9.96. The van der Waals surface area contributed by atoms with Crippen molar-refractivity contribution in [1.82, 2.24) is 19.9 Å². The fraction of sp³-hybridized carbons (Fsp3) is 0.684. The number of aromatic nitrogens is 3. The number of nitrogens with zero attached hydrogens (tertiary/aromatic N) is 4. The summed E-state index contributed by atoms with van der Waals surface area (Å²) < 4.78 is 1.40. The molecule has 2 aromatic rings. The number of amides is 1. The van der Waals surface area contributed by atoms with Crippen LogP contribution in [0.5, 0.6) is 0 Å². The maximum Gasteiger partial charge on any atom is 0.275 e. The molecule has 1 saturated heterocycles. The Morgan fingerprint density at radius 1 is 1.26 bits per heavy atom. The topological polar surface area (TPSA) is 79.6 Å². The number of carbonyl (C=O) groups is 1. The first-order chi connectivity index (χ1) is 13.1. The van der Waals surface area contributed by atoms with Crippen molar-refractivity contribution in [2.24, 2.45) is 5.92 Å². The molecule has 2 aromatic heterocycles. The van der Waals surface area contributed by atoms with E-state index < -0.39 is 0 Å². The van der Waals surface area contributed by atoms with Crippen molar-refractivity contribution < 1.29 is 4.79 Å². The van der Waals surface area contributed by atoms with Gasteiger partial charge in [-0.25, -0.2) is 4.98 Å². The second-order valence-electron chi connectivity index (χ2n) is 7.67. The van der Waals surface area contributed by atoms with Crippen LogP contribution >= 0.6 is 11.3 Å². The summed E-state index contributed by atoms with van der Waals surface area (Å²) in [7, 11) is 0. The monoisotopic (exact) mass is 389 g/mol. The molecule has 146 valence electrons. The van der Waals surface area contributed by atoms with Crippen molar-refractivity contribution in [2.45, 2.75) is 64.3 Å². The lowest BCUT2D eigenvalue weighted by Gasteiger charge is -2.31. The summed E-state index contributed by atoms with van der Waals surface area (Å²) in [4.78, 5) is 32.2. The zero-order chi connectivity index (χ0) is 18.8. The molecule has 0 spiro atoms. The average molecular weight is 390 g/mol. The molecule has 27 heavy (non-hydrogen) atoms. The fourth-order valence-electron chi connectivity index (χ4n) is 4.08. The van der Waals surface area contributed by atoms with Crippen LogP contribution in [0.4, 0.5) is 5.13 Å². The number of carbonyl (C=O) groups excluding carboxylic acids is 1. The third-order valence-corrected chi connectivity index (χ3v) is 6.60. The maximum absolute atomic E-state index is 12.5. The highest BCUT2D eigenvalue weighted by Crippen LogP contribution is 2.27. The normalized spacial score (nSPS) is 19.1. The Hall–Kier alpha value is -1.96. The molecule has 0 aromatic carbocycles. The Labute approximate surface area is 162 Å².